The van der Waals surface area contributed by atoms with E-state index in [1.165, 1.54) is 13.2 Å². The minimum absolute atomic E-state index is 0.0531. The highest BCUT2D eigenvalue weighted by Crippen LogP contribution is 2.49. The molecule has 0 radical (unpaired) electrons. The van der Waals surface area contributed by atoms with E-state index >= 15 is 0 Å². The highest BCUT2D eigenvalue weighted by atomic mass is 16.5. The second kappa shape index (κ2) is 10.5. The van der Waals surface area contributed by atoms with Gasteiger partial charge >= 0.3 is 5.97 Å². The Balaban J connectivity index is 2.01. The number of carbonyl (C=O) groups is 1. The van der Waals surface area contributed by atoms with E-state index in [4.69, 9.17) is 13.9 Å². The van der Waals surface area contributed by atoms with Crippen molar-refractivity contribution in [3.63, 3.8) is 0 Å². The van der Waals surface area contributed by atoms with Crippen LogP contribution in [0.2, 0.25) is 0 Å². The van der Waals surface area contributed by atoms with Crippen LogP contribution in [0.3, 0.4) is 0 Å². The standard InChI is InChI=1S/C29H26O8/c1-16(2)15-36-19-11-7-10-18(12-19)20(13-23(31)35-3)24-26(32)28(34)27(33)25-21(30)14-22(37-29(24)25)17-8-5-4-6-9-17/h4-12,14,20,32-34H,1,13,15H2,2-3H3/t20-/m0/s1. The van der Waals surface area contributed by atoms with Gasteiger partial charge in [-0.15, -0.1) is 0 Å². The fourth-order valence-corrected chi connectivity index (χ4v) is 4.11. The number of methoxy groups -OCH3 is 1. The van der Waals surface area contributed by atoms with Crippen molar-refractivity contribution in [3.8, 4) is 34.3 Å². The summed E-state index contributed by atoms with van der Waals surface area (Å²) in [7, 11) is 1.23. The van der Waals surface area contributed by atoms with Crippen molar-refractivity contribution in [1.82, 2.24) is 0 Å². The fourth-order valence-electron chi connectivity index (χ4n) is 4.11. The molecule has 8 nitrogen and oxygen atoms in total. The molecule has 1 atom stereocenters. The van der Waals surface area contributed by atoms with Crippen molar-refractivity contribution in [2.45, 2.75) is 19.3 Å². The molecule has 0 amide bonds. The molecule has 0 saturated carbocycles. The van der Waals surface area contributed by atoms with Gasteiger partial charge in [0.15, 0.2) is 16.9 Å². The van der Waals surface area contributed by atoms with Crippen LogP contribution in [-0.4, -0.2) is 35.0 Å². The molecular weight excluding hydrogens is 476 g/mol. The van der Waals surface area contributed by atoms with E-state index in [1.807, 2.05) is 6.92 Å². The van der Waals surface area contributed by atoms with E-state index in [0.29, 0.717) is 16.9 Å². The Hall–Kier alpha value is -4.72. The maximum atomic E-state index is 13.1. The van der Waals surface area contributed by atoms with Gasteiger partial charge in [0.25, 0.3) is 0 Å². The van der Waals surface area contributed by atoms with Crippen LogP contribution in [0.5, 0.6) is 23.0 Å². The summed E-state index contributed by atoms with van der Waals surface area (Å²) >= 11 is 0. The molecule has 8 heteroatoms. The van der Waals surface area contributed by atoms with Crippen molar-refractivity contribution in [2.75, 3.05) is 13.7 Å². The van der Waals surface area contributed by atoms with Crippen LogP contribution in [0.25, 0.3) is 22.3 Å². The fraction of sp³-hybridized carbons (Fsp3) is 0.172. The summed E-state index contributed by atoms with van der Waals surface area (Å²) in [4.78, 5) is 25.6. The number of hydrogen-bond acceptors (Lipinski definition) is 8. The van der Waals surface area contributed by atoms with Gasteiger partial charge < -0.3 is 29.2 Å². The summed E-state index contributed by atoms with van der Waals surface area (Å²) in [6, 6.07) is 16.8. The molecule has 0 unspecified atom stereocenters. The average Bonchev–Trinajstić information content (AvgIpc) is 2.90. The first-order chi connectivity index (χ1) is 17.7. The van der Waals surface area contributed by atoms with Crippen molar-refractivity contribution in [3.05, 3.63) is 94.2 Å². The number of rotatable bonds is 8. The minimum Gasteiger partial charge on any atom is -0.504 e. The smallest absolute Gasteiger partial charge is 0.306 e. The van der Waals surface area contributed by atoms with Crippen LogP contribution in [0.1, 0.15) is 30.4 Å². The Morgan fingerprint density at radius 3 is 2.41 bits per heavy atom. The molecule has 0 aliphatic carbocycles. The minimum atomic E-state index is -0.941. The maximum absolute atomic E-state index is 13.1. The molecule has 37 heavy (non-hydrogen) atoms. The summed E-state index contributed by atoms with van der Waals surface area (Å²) in [6.45, 7) is 5.91. The normalized spacial score (nSPS) is 11.7. The van der Waals surface area contributed by atoms with Gasteiger partial charge in [0.2, 0.25) is 5.75 Å². The van der Waals surface area contributed by atoms with Gasteiger partial charge in [-0.2, -0.15) is 0 Å². The molecule has 190 valence electrons. The highest BCUT2D eigenvalue weighted by molar-refractivity contribution is 5.93. The van der Waals surface area contributed by atoms with Crippen LogP contribution in [-0.2, 0) is 9.53 Å². The van der Waals surface area contributed by atoms with Crippen molar-refractivity contribution >= 4 is 16.9 Å². The molecule has 0 fully saturated rings. The molecule has 1 aromatic heterocycles. The van der Waals surface area contributed by atoms with E-state index in [1.54, 1.807) is 54.6 Å². The molecule has 3 N–H and O–H groups in total. The van der Waals surface area contributed by atoms with E-state index in [0.717, 1.165) is 5.57 Å². The number of phenols is 3. The predicted octanol–water partition coefficient (Wildman–Crippen LogP) is 5.23. The molecule has 0 aliphatic rings. The maximum Gasteiger partial charge on any atom is 0.306 e. The first kappa shape index (κ1) is 25.4. The lowest BCUT2D eigenvalue weighted by molar-refractivity contribution is -0.140. The lowest BCUT2D eigenvalue weighted by atomic mass is 9.86. The van der Waals surface area contributed by atoms with E-state index in [2.05, 4.69) is 6.58 Å². The first-order valence-corrected chi connectivity index (χ1v) is 11.4. The van der Waals surface area contributed by atoms with Gasteiger partial charge in [-0.1, -0.05) is 49.0 Å². The summed E-state index contributed by atoms with van der Waals surface area (Å²) in [5.41, 5.74) is 1.05. The largest absolute Gasteiger partial charge is 0.504 e. The summed E-state index contributed by atoms with van der Waals surface area (Å²) in [5, 5.41) is 31.8. The van der Waals surface area contributed by atoms with Gasteiger partial charge in [-0.05, 0) is 30.2 Å². The van der Waals surface area contributed by atoms with Crippen LogP contribution in [0.15, 0.2) is 82.0 Å². The number of carbonyl (C=O) groups excluding carboxylic acids is 1. The molecule has 3 aromatic carbocycles. The lowest BCUT2D eigenvalue weighted by Crippen LogP contribution is -2.13. The zero-order chi connectivity index (χ0) is 26.7. The Morgan fingerprint density at radius 1 is 1.00 bits per heavy atom. The number of phenolic OH excluding ortho intramolecular Hbond substituents is 3. The Labute approximate surface area is 212 Å². The van der Waals surface area contributed by atoms with Crippen molar-refractivity contribution < 1.29 is 34.0 Å². The SMILES string of the molecule is C=C(C)COc1cccc([C@H](CC(=O)OC)c2c(O)c(O)c(O)c3c(=O)cc(-c4ccccc4)oc23)c1. The first-order valence-electron chi connectivity index (χ1n) is 11.4. The second-order valence-corrected chi connectivity index (χ2v) is 8.66. The van der Waals surface area contributed by atoms with Crippen LogP contribution >= 0.6 is 0 Å². The average molecular weight is 503 g/mol. The molecule has 0 bridgehead atoms. The zero-order valence-corrected chi connectivity index (χ0v) is 20.4. The number of ether oxygens (including phenoxy) is 2. The third-order valence-corrected chi connectivity index (χ3v) is 5.88. The van der Waals surface area contributed by atoms with Gasteiger partial charge in [0, 0.05) is 23.1 Å². The molecule has 1 heterocycles. The molecule has 0 saturated heterocycles. The number of hydrogen-bond donors (Lipinski definition) is 3. The lowest BCUT2D eigenvalue weighted by Gasteiger charge is -2.21. The van der Waals surface area contributed by atoms with Crippen molar-refractivity contribution in [2.24, 2.45) is 0 Å². The Morgan fingerprint density at radius 2 is 1.73 bits per heavy atom. The Bertz CT molecular complexity index is 1540. The number of aromatic hydroxyl groups is 3. The van der Waals surface area contributed by atoms with Crippen LogP contribution in [0, 0.1) is 0 Å². The summed E-state index contributed by atoms with van der Waals surface area (Å²) < 4.78 is 16.7. The van der Waals surface area contributed by atoms with Crippen LogP contribution in [0.4, 0.5) is 0 Å². The molecular formula is C29H26O8. The highest BCUT2D eigenvalue weighted by Gasteiger charge is 2.31. The van der Waals surface area contributed by atoms with Gasteiger partial charge in [0.05, 0.1) is 13.5 Å². The monoisotopic (exact) mass is 502 g/mol. The Kier molecular flexibility index (Phi) is 7.20. The molecule has 0 aliphatic heterocycles. The summed E-state index contributed by atoms with van der Waals surface area (Å²) in [5.74, 6) is -3.33. The number of benzene rings is 3. The number of esters is 1. The van der Waals surface area contributed by atoms with E-state index in [-0.39, 0.29) is 35.3 Å². The summed E-state index contributed by atoms with van der Waals surface area (Å²) in [6.07, 6.45) is -0.271. The second-order valence-electron chi connectivity index (χ2n) is 8.66. The topological polar surface area (TPSA) is 126 Å². The molecule has 0 spiro atoms. The zero-order valence-electron chi connectivity index (χ0n) is 20.4. The quantitative estimate of drug-likeness (QED) is 0.170. The molecule has 4 aromatic rings. The number of fused-ring (bicyclic) bond motifs is 1. The van der Waals surface area contributed by atoms with Gasteiger partial charge in [-0.25, -0.2) is 0 Å². The van der Waals surface area contributed by atoms with E-state index < -0.39 is 34.6 Å². The van der Waals surface area contributed by atoms with Gasteiger partial charge in [0.1, 0.15) is 29.1 Å². The van der Waals surface area contributed by atoms with Crippen molar-refractivity contribution in [1.29, 1.82) is 0 Å². The molecule has 4 rings (SSSR count). The van der Waals surface area contributed by atoms with Gasteiger partial charge in [-0.3, -0.25) is 9.59 Å². The van der Waals surface area contributed by atoms with Crippen LogP contribution < -0.4 is 10.2 Å². The third-order valence-electron chi connectivity index (χ3n) is 5.88. The third kappa shape index (κ3) is 5.13. The predicted molar refractivity (Wildman–Crippen MR) is 138 cm³/mol. The van der Waals surface area contributed by atoms with E-state index in [9.17, 15) is 24.9 Å².